The fourth-order valence-electron chi connectivity index (χ4n) is 17.5. The molecule has 0 atom stereocenters. The van der Waals surface area contributed by atoms with Gasteiger partial charge in [-0.2, -0.15) is 0 Å². The lowest BCUT2D eigenvalue weighted by molar-refractivity contribution is 1.58. The number of fused-ring (bicyclic) bond motifs is 4. The highest BCUT2D eigenvalue weighted by Gasteiger charge is 2.46. The number of hydrogen-bond donors (Lipinski definition) is 0. The summed E-state index contributed by atoms with van der Waals surface area (Å²) in [6.45, 7) is 0. The molecule has 2 heteroatoms. The van der Waals surface area contributed by atoms with Crippen LogP contribution in [0.4, 0.5) is 0 Å². The summed E-state index contributed by atoms with van der Waals surface area (Å²) in [6, 6.07) is 152. The van der Waals surface area contributed by atoms with Gasteiger partial charge in [-0.25, -0.2) is 0 Å². The zero-order valence-corrected chi connectivity index (χ0v) is 57.1. The van der Waals surface area contributed by atoms with Gasteiger partial charge in [0.25, 0.3) is 0 Å². The van der Waals surface area contributed by atoms with Gasteiger partial charge in [-0.05, 0) is 203 Å². The standard InChI is InChI=1S/C98H66Si2/c1-8-30-67(31-9-1)74-64-75(66-76(65-74)94-83-44-22-26-48-89(83)97(90-49-27-23-45-84(90)94)99(77-32-10-2-11-33-77,78-34-12-3-13-35-78)79-36-14-4-15-37-79)69-54-52-68(53-55-69)73-62-71-57-56-70-58-60-88(87-61-59-72(63-73)93(71)95(70)87)96-85-46-24-28-50-91(85)98(92-51-29-25-47-86(92)96)100(80-38-16-5-17-39-80,81-40-18-6-19-41-81)82-42-20-7-21-43-82/h1-66H. The van der Waals surface area contributed by atoms with Crippen molar-refractivity contribution in [3.05, 3.63) is 400 Å². The molecule has 19 rings (SSSR count). The summed E-state index contributed by atoms with van der Waals surface area (Å²) < 4.78 is 0. The molecule has 19 aromatic carbocycles. The molecule has 0 spiro atoms. The summed E-state index contributed by atoms with van der Waals surface area (Å²) in [6.07, 6.45) is 0. The summed E-state index contributed by atoms with van der Waals surface area (Å²) in [5, 5.41) is 28.8. The molecule has 0 bridgehead atoms. The second kappa shape index (κ2) is 24.4. The molecule has 0 saturated heterocycles. The van der Waals surface area contributed by atoms with Gasteiger partial charge in [0.15, 0.2) is 16.1 Å². The third-order valence-corrected chi connectivity index (χ3v) is 31.4. The van der Waals surface area contributed by atoms with Crippen molar-refractivity contribution in [3.8, 4) is 55.6 Å². The van der Waals surface area contributed by atoms with Crippen molar-refractivity contribution >= 4 is 133 Å². The molecule has 466 valence electrons. The van der Waals surface area contributed by atoms with Crippen molar-refractivity contribution in [2.24, 2.45) is 0 Å². The summed E-state index contributed by atoms with van der Waals surface area (Å²) >= 11 is 0. The molecule has 0 unspecified atom stereocenters. The Morgan fingerprint density at radius 1 is 0.150 bits per heavy atom. The molecule has 0 amide bonds. The van der Waals surface area contributed by atoms with E-state index < -0.39 is 16.1 Å². The van der Waals surface area contributed by atoms with E-state index in [1.54, 1.807) is 0 Å². The summed E-state index contributed by atoms with van der Waals surface area (Å²) in [7, 11) is -6.00. The molecular formula is C98H66Si2. The Morgan fingerprint density at radius 3 is 0.790 bits per heavy atom. The van der Waals surface area contributed by atoms with Crippen LogP contribution in [-0.2, 0) is 0 Å². The average molecular weight is 1300 g/mol. The lowest BCUT2D eigenvalue weighted by Crippen LogP contribution is -2.75. The SMILES string of the molecule is c1ccc(-c2cc(-c3ccc(-c4cc5ccc6ccc(-c7c8ccccc8c([Si](c8ccccc8)(c8ccccc8)c8ccccc8)c8ccccc78)c7ccc(c4)c5c67)cc3)cc(-c3c4ccccc4c([Si](c4ccccc4)(c4ccccc4)c4ccccc4)c4ccccc34)c2)cc1. The molecule has 0 radical (unpaired) electrons. The van der Waals surface area contributed by atoms with Crippen molar-refractivity contribution in [2.45, 2.75) is 0 Å². The van der Waals surface area contributed by atoms with Crippen molar-refractivity contribution in [1.82, 2.24) is 0 Å². The zero-order chi connectivity index (χ0) is 66.1. The van der Waals surface area contributed by atoms with Crippen LogP contribution in [-0.4, -0.2) is 16.1 Å². The smallest absolute Gasteiger partial charge is 0.0623 e. The quantitative estimate of drug-likeness (QED) is 0.0467. The molecule has 19 aromatic rings. The van der Waals surface area contributed by atoms with E-state index in [9.17, 15) is 0 Å². The minimum absolute atomic E-state index is 1.17. The van der Waals surface area contributed by atoms with E-state index >= 15 is 0 Å². The molecule has 0 fully saturated rings. The van der Waals surface area contributed by atoms with E-state index in [1.807, 2.05) is 0 Å². The fourth-order valence-corrected chi connectivity index (χ4v) is 27.8. The van der Waals surface area contributed by atoms with E-state index in [0.29, 0.717) is 0 Å². The van der Waals surface area contributed by atoms with Crippen LogP contribution in [0.25, 0.3) is 131 Å². The van der Waals surface area contributed by atoms with Crippen LogP contribution in [0.1, 0.15) is 0 Å². The van der Waals surface area contributed by atoms with Gasteiger partial charge in [0, 0.05) is 0 Å². The van der Waals surface area contributed by atoms with Crippen LogP contribution in [0, 0.1) is 0 Å². The van der Waals surface area contributed by atoms with Crippen molar-refractivity contribution in [3.63, 3.8) is 0 Å². The maximum absolute atomic E-state index is 3.01. The minimum Gasteiger partial charge on any atom is -0.0623 e. The Morgan fingerprint density at radius 2 is 0.420 bits per heavy atom. The molecular weight excluding hydrogens is 1230 g/mol. The van der Waals surface area contributed by atoms with Gasteiger partial charge in [0.05, 0.1) is 0 Å². The van der Waals surface area contributed by atoms with Crippen LogP contribution in [0.2, 0.25) is 0 Å². The van der Waals surface area contributed by atoms with Gasteiger partial charge in [-0.1, -0.05) is 370 Å². The normalized spacial score (nSPS) is 12.0. The van der Waals surface area contributed by atoms with Crippen LogP contribution >= 0.6 is 0 Å². The molecule has 0 saturated carbocycles. The van der Waals surface area contributed by atoms with E-state index in [2.05, 4.69) is 400 Å². The Kier molecular flexibility index (Phi) is 14.4. The van der Waals surface area contributed by atoms with Crippen molar-refractivity contribution in [1.29, 1.82) is 0 Å². The minimum atomic E-state index is -3.01. The van der Waals surface area contributed by atoms with Gasteiger partial charge in [-0.15, -0.1) is 0 Å². The largest absolute Gasteiger partial charge is 0.180 e. The Balaban J connectivity index is 0.751. The number of benzene rings is 19. The predicted molar refractivity (Wildman–Crippen MR) is 435 cm³/mol. The first-order valence-electron chi connectivity index (χ1n) is 34.9. The van der Waals surface area contributed by atoms with Gasteiger partial charge >= 0.3 is 0 Å². The zero-order valence-electron chi connectivity index (χ0n) is 55.1. The highest BCUT2D eigenvalue weighted by atomic mass is 28.3. The first-order valence-corrected chi connectivity index (χ1v) is 38.9. The Bertz CT molecular complexity index is 5950. The molecule has 0 aliphatic carbocycles. The lowest BCUT2D eigenvalue weighted by Gasteiger charge is -2.37. The number of hydrogen-bond acceptors (Lipinski definition) is 0. The molecule has 0 aliphatic rings. The molecule has 0 aliphatic heterocycles. The maximum Gasteiger partial charge on any atom is 0.180 e. The van der Waals surface area contributed by atoms with Crippen molar-refractivity contribution < 1.29 is 0 Å². The molecule has 0 aromatic heterocycles. The van der Waals surface area contributed by atoms with Gasteiger partial charge in [0.1, 0.15) is 0 Å². The first-order chi connectivity index (χ1) is 49.6. The topological polar surface area (TPSA) is 0 Å². The monoisotopic (exact) mass is 1300 g/mol. The van der Waals surface area contributed by atoms with Crippen molar-refractivity contribution in [2.75, 3.05) is 0 Å². The predicted octanol–water partition coefficient (Wildman–Crippen LogP) is 20.3. The second-order valence-electron chi connectivity index (χ2n) is 26.8. The summed E-state index contributed by atoms with van der Waals surface area (Å²) in [4.78, 5) is 0. The van der Waals surface area contributed by atoms with Gasteiger partial charge in [-0.3, -0.25) is 0 Å². The second-order valence-corrected chi connectivity index (χ2v) is 34.3. The van der Waals surface area contributed by atoms with E-state index in [0.717, 1.165) is 0 Å². The Hall–Kier alpha value is -12.3. The third-order valence-electron chi connectivity index (χ3n) is 21.6. The van der Waals surface area contributed by atoms with Crippen LogP contribution in [0.5, 0.6) is 0 Å². The van der Waals surface area contributed by atoms with Gasteiger partial charge in [0.2, 0.25) is 0 Å². The van der Waals surface area contributed by atoms with E-state index in [4.69, 9.17) is 0 Å². The Labute approximate surface area is 585 Å². The van der Waals surface area contributed by atoms with E-state index in [1.165, 1.54) is 173 Å². The molecule has 0 nitrogen and oxygen atoms in total. The fraction of sp³-hybridized carbons (Fsp3) is 0. The van der Waals surface area contributed by atoms with Gasteiger partial charge < -0.3 is 0 Å². The number of rotatable bonds is 13. The molecule has 0 N–H and O–H groups in total. The highest BCUT2D eigenvalue weighted by molar-refractivity contribution is 7.22. The van der Waals surface area contributed by atoms with Crippen LogP contribution < -0.4 is 41.5 Å². The third kappa shape index (κ3) is 9.33. The summed E-state index contributed by atoms with van der Waals surface area (Å²) in [5.41, 5.74) is 12.1. The highest BCUT2D eigenvalue weighted by Crippen LogP contribution is 2.46. The maximum atomic E-state index is 2.45. The first kappa shape index (κ1) is 59.0. The summed E-state index contributed by atoms with van der Waals surface area (Å²) in [5.74, 6) is 0. The lowest BCUT2D eigenvalue weighted by atomic mass is 9.85. The van der Waals surface area contributed by atoms with E-state index in [-0.39, 0.29) is 0 Å². The van der Waals surface area contributed by atoms with Crippen LogP contribution in [0.3, 0.4) is 0 Å². The molecule has 0 heterocycles. The average Bonchev–Trinajstić information content (AvgIpc) is 0.705. The van der Waals surface area contributed by atoms with Crippen LogP contribution in [0.15, 0.2) is 400 Å². The molecule has 100 heavy (non-hydrogen) atoms.